The molecule has 0 radical (unpaired) electrons. The second-order valence-corrected chi connectivity index (χ2v) is 13.9. The summed E-state index contributed by atoms with van der Waals surface area (Å²) in [6.07, 6.45) is 0. The van der Waals surface area contributed by atoms with E-state index in [2.05, 4.69) is 179 Å². The number of furan rings is 1. The predicted molar refractivity (Wildman–Crippen MR) is 213 cm³/mol. The van der Waals surface area contributed by atoms with Crippen molar-refractivity contribution in [1.29, 1.82) is 0 Å². The van der Waals surface area contributed by atoms with Gasteiger partial charge in [-0.05, 0) is 65.4 Å². The smallest absolute Gasteiger partial charge is 0.160 e. The molecule has 0 aliphatic rings. The molecule has 0 amide bonds. The van der Waals surface area contributed by atoms with Crippen molar-refractivity contribution in [1.82, 2.24) is 4.57 Å². The monoisotopic (exact) mass is 656 g/mol. The summed E-state index contributed by atoms with van der Waals surface area (Å²) in [5.74, 6) is 0. The van der Waals surface area contributed by atoms with Crippen LogP contribution in [0.3, 0.4) is 0 Å². The molecule has 50 heavy (non-hydrogen) atoms. The standard InChI is InChI=1S/C46H28N2OS/c1-2-14-30(15-3-1)47-38-21-9-6-17-33(38)34-26-25-31(28-40(34)47)48(39-22-12-20-36-35-18-8-11-24-43(35)50-46(36)39)41-27-29-13-4-5-16-32(29)44-37-19-7-10-23-42(37)49-45(41)44/h1-28H. The van der Waals surface area contributed by atoms with Gasteiger partial charge in [-0.1, -0.05) is 115 Å². The summed E-state index contributed by atoms with van der Waals surface area (Å²) in [7, 11) is 0. The van der Waals surface area contributed by atoms with E-state index in [0.717, 1.165) is 50.2 Å². The van der Waals surface area contributed by atoms with Crippen LogP contribution in [-0.4, -0.2) is 4.57 Å². The topological polar surface area (TPSA) is 21.3 Å². The largest absolute Gasteiger partial charge is 0.454 e. The van der Waals surface area contributed by atoms with Crippen molar-refractivity contribution in [3.8, 4) is 5.69 Å². The third kappa shape index (κ3) is 3.91. The zero-order valence-corrected chi connectivity index (χ0v) is 27.7. The number of nitrogens with zero attached hydrogens (tertiary/aromatic N) is 2. The third-order valence-corrected chi connectivity index (χ3v) is 11.4. The van der Waals surface area contributed by atoms with E-state index in [-0.39, 0.29) is 0 Å². The molecule has 0 saturated carbocycles. The lowest BCUT2D eigenvalue weighted by molar-refractivity contribution is 0.669. The van der Waals surface area contributed by atoms with Crippen LogP contribution in [0.25, 0.3) is 80.4 Å². The minimum Gasteiger partial charge on any atom is -0.454 e. The number of para-hydroxylation sites is 3. The molecule has 0 saturated heterocycles. The van der Waals surface area contributed by atoms with Gasteiger partial charge in [0, 0.05) is 48.4 Å². The van der Waals surface area contributed by atoms with E-state index in [9.17, 15) is 0 Å². The van der Waals surface area contributed by atoms with Gasteiger partial charge in [-0.3, -0.25) is 0 Å². The Morgan fingerprint density at radius 3 is 2.08 bits per heavy atom. The van der Waals surface area contributed by atoms with E-state index < -0.39 is 0 Å². The minimum atomic E-state index is 0.881. The average Bonchev–Trinajstić information content (AvgIpc) is 3.86. The number of thiophene rings is 1. The predicted octanol–water partition coefficient (Wildman–Crippen LogP) is 13.7. The quantitative estimate of drug-likeness (QED) is 0.188. The van der Waals surface area contributed by atoms with Crippen LogP contribution >= 0.6 is 11.3 Å². The Balaban J connectivity index is 1.29. The first kappa shape index (κ1) is 27.6. The van der Waals surface area contributed by atoms with Crippen LogP contribution in [-0.2, 0) is 0 Å². The molecule has 0 atom stereocenters. The molecule has 0 N–H and O–H groups in total. The van der Waals surface area contributed by atoms with Crippen LogP contribution in [0.4, 0.5) is 17.1 Å². The second-order valence-electron chi connectivity index (χ2n) is 12.9. The van der Waals surface area contributed by atoms with E-state index in [1.54, 1.807) is 0 Å². The van der Waals surface area contributed by atoms with Gasteiger partial charge in [-0.2, -0.15) is 0 Å². The van der Waals surface area contributed by atoms with E-state index in [0.29, 0.717) is 0 Å². The number of hydrogen-bond donors (Lipinski definition) is 0. The number of aromatic nitrogens is 1. The third-order valence-electron chi connectivity index (χ3n) is 10.1. The minimum absolute atomic E-state index is 0.881. The van der Waals surface area contributed by atoms with Crippen molar-refractivity contribution in [2.75, 3.05) is 4.90 Å². The Morgan fingerprint density at radius 2 is 1.18 bits per heavy atom. The summed E-state index contributed by atoms with van der Waals surface area (Å²) in [5, 5.41) is 9.63. The summed E-state index contributed by atoms with van der Waals surface area (Å²) in [6.45, 7) is 0. The van der Waals surface area contributed by atoms with Gasteiger partial charge in [-0.25, -0.2) is 0 Å². The second kappa shape index (κ2) is 10.6. The maximum Gasteiger partial charge on any atom is 0.160 e. The number of rotatable bonds is 4. The summed E-state index contributed by atoms with van der Waals surface area (Å²) in [5.41, 5.74) is 8.47. The van der Waals surface area contributed by atoms with Gasteiger partial charge in [0.25, 0.3) is 0 Å². The molecular formula is C46H28N2OS. The van der Waals surface area contributed by atoms with Gasteiger partial charge in [0.15, 0.2) is 5.58 Å². The lowest BCUT2D eigenvalue weighted by atomic mass is 10.0. The Labute approximate surface area is 291 Å². The van der Waals surface area contributed by atoms with Gasteiger partial charge in [0.05, 0.1) is 27.1 Å². The first-order valence-corrected chi connectivity index (χ1v) is 17.8. The highest BCUT2D eigenvalue weighted by Gasteiger charge is 2.25. The first-order chi connectivity index (χ1) is 24.8. The molecular weight excluding hydrogens is 629 g/mol. The summed E-state index contributed by atoms with van der Waals surface area (Å²) in [6, 6.07) is 61.2. The molecule has 11 rings (SSSR count). The van der Waals surface area contributed by atoms with Crippen molar-refractivity contribution in [2.24, 2.45) is 0 Å². The molecule has 0 bridgehead atoms. The van der Waals surface area contributed by atoms with E-state index in [4.69, 9.17) is 4.42 Å². The SMILES string of the molecule is c1ccc(-n2c3ccccc3c3ccc(N(c4cc5ccccc5c5c4oc4ccccc45)c4cccc5c4sc4ccccc45)cc32)cc1. The Bertz CT molecular complexity index is 3110. The Hall–Kier alpha value is -6.36. The lowest BCUT2D eigenvalue weighted by Gasteiger charge is -2.27. The fourth-order valence-corrected chi connectivity index (χ4v) is 9.20. The first-order valence-electron chi connectivity index (χ1n) is 16.9. The molecule has 0 fully saturated rings. The number of benzene rings is 8. The van der Waals surface area contributed by atoms with Crippen molar-refractivity contribution in [3.63, 3.8) is 0 Å². The summed E-state index contributed by atoms with van der Waals surface area (Å²) < 4.78 is 11.8. The van der Waals surface area contributed by atoms with E-state index in [1.165, 1.54) is 47.2 Å². The van der Waals surface area contributed by atoms with E-state index >= 15 is 0 Å². The summed E-state index contributed by atoms with van der Waals surface area (Å²) in [4.78, 5) is 2.43. The van der Waals surface area contributed by atoms with Crippen molar-refractivity contribution in [3.05, 3.63) is 170 Å². The number of fused-ring (bicyclic) bond motifs is 11. The lowest BCUT2D eigenvalue weighted by Crippen LogP contribution is -2.11. The molecule has 3 aromatic heterocycles. The van der Waals surface area contributed by atoms with Gasteiger partial charge < -0.3 is 13.9 Å². The van der Waals surface area contributed by atoms with Crippen LogP contribution in [0, 0.1) is 0 Å². The fraction of sp³-hybridized carbons (Fsp3) is 0. The van der Waals surface area contributed by atoms with Gasteiger partial charge in [0.2, 0.25) is 0 Å². The molecule has 8 aromatic carbocycles. The summed E-state index contributed by atoms with van der Waals surface area (Å²) >= 11 is 1.85. The van der Waals surface area contributed by atoms with Crippen molar-refractivity contribution < 1.29 is 4.42 Å². The molecule has 0 spiro atoms. The molecule has 4 heteroatoms. The van der Waals surface area contributed by atoms with Crippen LogP contribution in [0.1, 0.15) is 0 Å². The average molecular weight is 657 g/mol. The Morgan fingerprint density at radius 1 is 0.480 bits per heavy atom. The molecule has 0 unspecified atom stereocenters. The Kier molecular flexibility index (Phi) is 5.83. The highest BCUT2D eigenvalue weighted by Crippen LogP contribution is 2.50. The molecule has 3 nitrogen and oxygen atoms in total. The van der Waals surface area contributed by atoms with Crippen molar-refractivity contribution >= 4 is 103 Å². The maximum absolute atomic E-state index is 6.87. The van der Waals surface area contributed by atoms with Crippen LogP contribution in [0.5, 0.6) is 0 Å². The zero-order chi connectivity index (χ0) is 32.8. The molecule has 0 aliphatic carbocycles. The number of anilines is 3. The highest BCUT2D eigenvalue weighted by atomic mass is 32.1. The van der Waals surface area contributed by atoms with E-state index in [1.807, 2.05) is 11.3 Å². The van der Waals surface area contributed by atoms with Gasteiger partial charge >= 0.3 is 0 Å². The molecule has 11 aromatic rings. The van der Waals surface area contributed by atoms with Gasteiger partial charge in [0.1, 0.15) is 5.58 Å². The molecule has 234 valence electrons. The normalized spacial score (nSPS) is 12.0. The van der Waals surface area contributed by atoms with Crippen LogP contribution in [0.2, 0.25) is 0 Å². The van der Waals surface area contributed by atoms with Crippen molar-refractivity contribution in [2.45, 2.75) is 0 Å². The maximum atomic E-state index is 6.87. The van der Waals surface area contributed by atoms with Crippen LogP contribution in [0.15, 0.2) is 174 Å². The van der Waals surface area contributed by atoms with Crippen LogP contribution < -0.4 is 4.90 Å². The molecule has 0 aliphatic heterocycles. The zero-order valence-electron chi connectivity index (χ0n) is 26.9. The highest BCUT2D eigenvalue weighted by molar-refractivity contribution is 7.26. The van der Waals surface area contributed by atoms with Gasteiger partial charge in [-0.15, -0.1) is 11.3 Å². The number of hydrogen-bond acceptors (Lipinski definition) is 3. The fourth-order valence-electron chi connectivity index (χ4n) is 7.99. The molecule has 3 heterocycles.